The van der Waals surface area contributed by atoms with Crippen LogP contribution in [0.15, 0.2) is 36.7 Å². The van der Waals surface area contributed by atoms with Gasteiger partial charge in [0.15, 0.2) is 0 Å². The van der Waals surface area contributed by atoms with E-state index in [9.17, 15) is 4.79 Å². The first kappa shape index (κ1) is 17.1. The lowest BCUT2D eigenvalue weighted by Crippen LogP contribution is -2.48. The molecule has 0 radical (unpaired) electrons. The zero-order valence-electron chi connectivity index (χ0n) is 15.0. The first-order valence-electron chi connectivity index (χ1n) is 9.18. The molecule has 0 spiro atoms. The van der Waals surface area contributed by atoms with E-state index in [0.29, 0.717) is 11.5 Å². The fourth-order valence-corrected chi connectivity index (χ4v) is 3.24. The van der Waals surface area contributed by atoms with Gasteiger partial charge in [0.05, 0.1) is 17.8 Å². The Kier molecular flexibility index (Phi) is 4.70. The molecule has 1 atom stereocenters. The Labute approximate surface area is 153 Å². The zero-order valence-corrected chi connectivity index (χ0v) is 15.0. The lowest BCUT2D eigenvalue weighted by atomic mass is 9.95. The summed E-state index contributed by atoms with van der Waals surface area (Å²) in [6, 6.07) is 7.91. The van der Waals surface area contributed by atoms with Crippen LogP contribution >= 0.6 is 0 Å². The molecule has 1 amide bonds. The van der Waals surface area contributed by atoms with Crippen molar-refractivity contribution in [3.63, 3.8) is 0 Å². The highest BCUT2D eigenvalue weighted by atomic mass is 16.5. The number of nitrogens with zero attached hydrogens (tertiary/aromatic N) is 2. The molecule has 1 aromatic heterocycles. The molecule has 0 unspecified atom stereocenters. The van der Waals surface area contributed by atoms with E-state index in [4.69, 9.17) is 4.74 Å². The number of aromatic nitrogens is 2. The average Bonchev–Trinajstić information content (AvgIpc) is 3.49. The number of hydrogen-bond donors (Lipinski definition) is 2. The summed E-state index contributed by atoms with van der Waals surface area (Å²) < 4.78 is 5.91. The van der Waals surface area contributed by atoms with Gasteiger partial charge in [-0.1, -0.05) is 12.1 Å². The second-order valence-electron chi connectivity index (χ2n) is 7.41. The third-order valence-corrected chi connectivity index (χ3v) is 4.89. The maximum atomic E-state index is 12.3. The van der Waals surface area contributed by atoms with Gasteiger partial charge in [-0.15, -0.1) is 0 Å². The summed E-state index contributed by atoms with van der Waals surface area (Å²) >= 11 is 0. The van der Waals surface area contributed by atoms with E-state index in [1.54, 1.807) is 12.4 Å². The second kappa shape index (κ2) is 7.13. The smallest absolute Gasteiger partial charge is 0.258 e. The molecule has 2 fully saturated rings. The SMILES string of the molecule is C[C@@]1(Cc2ccc(NC(=O)c3cnc(C4CC4)nc3)cc2)CNCCO1. The minimum atomic E-state index is -0.188. The van der Waals surface area contributed by atoms with E-state index in [2.05, 4.69) is 27.5 Å². The van der Waals surface area contributed by atoms with E-state index < -0.39 is 0 Å². The standard InChI is InChI=1S/C20H24N4O2/c1-20(13-21-8-9-26-20)10-14-2-6-17(7-3-14)24-19(25)16-11-22-18(23-12-16)15-4-5-15/h2-3,6-7,11-12,15,21H,4-5,8-10,13H2,1H3,(H,24,25)/t20-/m1/s1. The highest BCUT2D eigenvalue weighted by Crippen LogP contribution is 2.37. The molecule has 26 heavy (non-hydrogen) atoms. The number of morpholine rings is 1. The Hall–Kier alpha value is -2.31. The van der Waals surface area contributed by atoms with Gasteiger partial charge in [-0.3, -0.25) is 4.79 Å². The van der Waals surface area contributed by atoms with Crippen molar-refractivity contribution in [3.8, 4) is 0 Å². The van der Waals surface area contributed by atoms with Crippen LogP contribution in [0.25, 0.3) is 0 Å². The number of carbonyl (C=O) groups is 1. The van der Waals surface area contributed by atoms with Crippen LogP contribution in [0.2, 0.25) is 0 Å². The highest BCUT2D eigenvalue weighted by molar-refractivity contribution is 6.03. The predicted octanol–water partition coefficient (Wildman–Crippen LogP) is 2.53. The van der Waals surface area contributed by atoms with Crippen LogP contribution in [-0.4, -0.2) is 41.2 Å². The maximum absolute atomic E-state index is 12.3. The average molecular weight is 352 g/mol. The number of ether oxygens (including phenoxy) is 1. The Morgan fingerprint density at radius 2 is 2.00 bits per heavy atom. The Balaban J connectivity index is 1.36. The first-order chi connectivity index (χ1) is 12.6. The molecule has 4 rings (SSSR count). The number of carbonyl (C=O) groups excluding carboxylic acids is 1. The lowest BCUT2D eigenvalue weighted by Gasteiger charge is -2.34. The fourth-order valence-electron chi connectivity index (χ4n) is 3.24. The van der Waals surface area contributed by atoms with E-state index in [1.807, 2.05) is 24.3 Å². The minimum Gasteiger partial charge on any atom is -0.372 e. The number of anilines is 1. The van der Waals surface area contributed by atoms with Crippen LogP contribution in [0, 0.1) is 0 Å². The molecule has 1 saturated heterocycles. The molecule has 1 aromatic carbocycles. The van der Waals surface area contributed by atoms with Gasteiger partial charge in [0.25, 0.3) is 5.91 Å². The number of amides is 1. The molecule has 1 aliphatic heterocycles. The molecule has 136 valence electrons. The first-order valence-corrected chi connectivity index (χ1v) is 9.18. The molecule has 1 saturated carbocycles. The third-order valence-electron chi connectivity index (χ3n) is 4.89. The van der Waals surface area contributed by atoms with Crippen molar-refractivity contribution in [2.75, 3.05) is 25.0 Å². The van der Waals surface area contributed by atoms with Crippen LogP contribution in [0.1, 0.15) is 47.4 Å². The monoisotopic (exact) mass is 352 g/mol. The summed E-state index contributed by atoms with van der Waals surface area (Å²) in [5.74, 6) is 1.15. The van der Waals surface area contributed by atoms with Crippen molar-refractivity contribution in [1.82, 2.24) is 15.3 Å². The molecule has 2 heterocycles. The van der Waals surface area contributed by atoms with Gasteiger partial charge in [0.1, 0.15) is 5.82 Å². The maximum Gasteiger partial charge on any atom is 0.258 e. The molecule has 0 bridgehead atoms. The molecule has 6 nitrogen and oxygen atoms in total. The molecule has 6 heteroatoms. The van der Waals surface area contributed by atoms with E-state index in [0.717, 1.165) is 50.5 Å². The second-order valence-corrected chi connectivity index (χ2v) is 7.41. The summed E-state index contributed by atoms with van der Waals surface area (Å²) in [4.78, 5) is 20.9. The largest absolute Gasteiger partial charge is 0.372 e. The van der Waals surface area contributed by atoms with Crippen molar-refractivity contribution in [3.05, 3.63) is 53.6 Å². The summed E-state index contributed by atoms with van der Waals surface area (Å²) in [7, 11) is 0. The van der Waals surface area contributed by atoms with E-state index in [-0.39, 0.29) is 11.5 Å². The molecule has 2 aromatic rings. The summed E-state index contributed by atoms with van der Waals surface area (Å²) in [6.07, 6.45) is 6.36. The number of nitrogens with one attached hydrogen (secondary N) is 2. The highest BCUT2D eigenvalue weighted by Gasteiger charge is 2.28. The Morgan fingerprint density at radius 3 is 2.62 bits per heavy atom. The van der Waals surface area contributed by atoms with Gasteiger partial charge < -0.3 is 15.4 Å². The summed E-state index contributed by atoms with van der Waals surface area (Å²) in [5.41, 5.74) is 2.25. The lowest BCUT2D eigenvalue weighted by molar-refractivity contribution is -0.0516. The Morgan fingerprint density at radius 1 is 1.27 bits per heavy atom. The zero-order chi connectivity index (χ0) is 18.0. The summed E-state index contributed by atoms with van der Waals surface area (Å²) in [6.45, 7) is 4.63. The van der Waals surface area contributed by atoms with Crippen molar-refractivity contribution in [2.45, 2.75) is 37.7 Å². The van der Waals surface area contributed by atoms with Gasteiger partial charge in [0, 0.05) is 43.5 Å². The predicted molar refractivity (Wildman–Crippen MR) is 99.3 cm³/mol. The number of benzene rings is 1. The molecular formula is C20H24N4O2. The van der Waals surface area contributed by atoms with Crippen molar-refractivity contribution < 1.29 is 9.53 Å². The summed E-state index contributed by atoms with van der Waals surface area (Å²) in [5, 5.41) is 6.27. The number of hydrogen-bond acceptors (Lipinski definition) is 5. The number of rotatable bonds is 5. The Bertz CT molecular complexity index is 763. The van der Waals surface area contributed by atoms with Gasteiger partial charge in [-0.2, -0.15) is 0 Å². The van der Waals surface area contributed by atoms with Crippen molar-refractivity contribution in [2.24, 2.45) is 0 Å². The van der Waals surface area contributed by atoms with Crippen LogP contribution in [0.3, 0.4) is 0 Å². The normalized spacial score (nSPS) is 22.8. The van der Waals surface area contributed by atoms with E-state index >= 15 is 0 Å². The van der Waals surface area contributed by atoms with Crippen LogP contribution in [0.4, 0.5) is 5.69 Å². The van der Waals surface area contributed by atoms with Crippen molar-refractivity contribution >= 4 is 11.6 Å². The molecular weight excluding hydrogens is 328 g/mol. The topological polar surface area (TPSA) is 76.1 Å². The van der Waals surface area contributed by atoms with Crippen LogP contribution < -0.4 is 10.6 Å². The van der Waals surface area contributed by atoms with E-state index in [1.165, 1.54) is 5.56 Å². The van der Waals surface area contributed by atoms with Gasteiger partial charge in [-0.25, -0.2) is 9.97 Å². The fraction of sp³-hybridized carbons (Fsp3) is 0.450. The van der Waals surface area contributed by atoms with Crippen LogP contribution in [-0.2, 0) is 11.2 Å². The van der Waals surface area contributed by atoms with Crippen LogP contribution in [0.5, 0.6) is 0 Å². The van der Waals surface area contributed by atoms with Gasteiger partial charge in [-0.05, 0) is 37.5 Å². The van der Waals surface area contributed by atoms with Gasteiger partial charge >= 0.3 is 0 Å². The molecule has 1 aliphatic carbocycles. The quantitative estimate of drug-likeness (QED) is 0.865. The minimum absolute atomic E-state index is 0.177. The van der Waals surface area contributed by atoms with Gasteiger partial charge in [0.2, 0.25) is 0 Å². The molecule has 2 aliphatic rings. The van der Waals surface area contributed by atoms with Crippen molar-refractivity contribution in [1.29, 1.82) is 0 Å². The third kappa shape index (κ3) is 4.08. The molecule has 2 N–H and O–H groups in total.